The van der Waals surface area contributed by atoms with E-state index in [1.165, 1.54) is 22.3 Å². The maximum Gasteiger partial charge on any atom is 4.00 e. The second-order valence-electron chi connectivity index (χ2n) is 6.57. The summed E-state index contributed by atoms with van der Waals surface area (Å²) in [6, 6.07) is 24.1. The zero-order valence-corrected chi connectivity index (χ0v) is 22.0. The minimum atomic E-state index is 0. The Kier molecular flexibility index (Phi) is 16.3. The van der Waals surface area contributed by atoms with Crippen molar-refractivity contribution >= 4 is 20.7 Å². The fourth-order valence-corrected chi connectivity index (χ4v) is 3.21. The van der Waals surface area contributed by atoms with Crippen molar-refractivity contribution in [2.45, 2.75) is 31.4 Å². The topological polar surface area (TPSA) is 0 Å². The summed E-state index contributed by atoms with van der Waals surface area (Å²) in [5.74, 6) is 0. The molecule has 0 spiro atoms. The van der Waals surface area contributed by atoms with Crippen LogP contribution in [0.15, 0.2) is 85.0 Å². The zero-order chi connectivity index (χ0) is 17.9. The molecule has 0 atom stereocenters. The second kappa shape index (κ2) is 16.8. The molecule has 2 aliphatic carbocycles. The van der Waals surface area contributed by atoms with Crippen molar-refractivity contribution in [2.24, 2.45) is 0 Å². The fourth-order valence-electron chi connectivity index (χ4n) is 2.71. The smallest absolute Gasteiger partial charge is 1.00 e. The van der Waals surface area contributed by atoms with E-state index in [0.29, 0.717) is 9.52 Å². The number of hydrogen-bond acceptors (Lipinski definition) is 0. The molecular formula is C25H26Cl2SiZr. The van der Waals surface area contributed by atoms with E-state index in [-0.39, 0.29) is 51.0 Å². The van der Waals surface area contributed by atoms with E-state index in [0.717, 1.165) is 12.8 Å². The second-order valence-corrected chi connectivity index (χ2v) is 8.69. The summed E-state index contributed by atoms with van der Waals surface area (Å²) < 4.78 is 0. The number of rotatable bonds is 2. The molecule has 1 fully saturated rings. The van der Waals surface area contributed by atoms with E-state index in [4.69, 9.17) is 0 Å². The van der Waals surface area contributed by atoms with Gasteiger partial charge >= 0.3 is 26.2 Å². The molecule has 2 aromatic carbocycles. The summed E-state index contributed by atoms with van der Waals surface area (Å²) >= 11 is 0. The Labute approximate surface area is 210 Å². The third-order valence-electron chi connectivity index (χ3n) is 4.61. The van der Waals surface area contributed by atoms with Gasteiger partial charge in [0.25, 0.3) is 0 Å². The molecule has 0 amide bonds. The summed E-state index contributed by atoms with van der Waals surface area (Å²) in [6.07, 6.45) is 18.3. The number of hydrogen-bond donors (Lipinski definition) is 0. The van der Waals surface area contributed by atoms with E-state index < -0.39 is 0 Å². The van der Waals surface area contributed by atoms with Crippen molar-refractivity contribution in [3.05, 3.63) is 108 Å². The molecule has 0 saturated carbocycles. The van der Waals surface area contributed by atoms with Crippen LogP contribution in [0.4, 0.5) is 0 Å². The van der Waals surface area contributed by atoms with Crippen LogP contribution in [0, 0.1) is 12.2 Å². The molecule has 0 N–H and O–H groups in total. The predicted octanol–water partition coefficient (Wildman–Crippen LogP) is 0.0672. The van der Waals surface area contributed by atoms with Crippen molar-refractivity contribution < 1.29 is 51.0 Å². The van der Waals surface area contributed by atoms with Gasteiger partial charge in [0.05, 0.1) is 0 Å². The molecule has 0 nitrogen and oxygen atoms in total. The van der Waals surface area contributed by atoms with Gasteiger partial charge in [-0.15, -0.1) is 24.0 Å². The van der Waals surface area contributed by atoms with Crippen LogP contribution in [0.5, 0.6) is 0 Å². The minimum absolute atomic E-state index is 0. The summed E-state index contributed by atoms with van der Waals surface area (Å²) in [5, 5.41) is 0. The molecule has 0 bridgehead atoms. The van der Waals surface area contributed by atoms with Gasteiger partial charge < -0.3 is 24.8 Å². The third-order valence-corrected chi connectivity index (χ3v) is 6.61. The number of allylic oxidation sites excluding steroid dienone is 8. The molecule has 4 heteroatoms. The fraction of sp³-hybridized carbons (Fsp3) is 0.200. The van der Waals surface area contributed by atoms with Gasteiger partial charge in [-0.3, -0.25) is 12.2 Å². The van der Waals surface area contributed by atoms with E-state index in [2.05, 4.69) is 85.0 Å². The normalized spacial score (nSPS) is 14.8. The Morgan fingerprint density at radius 3 is 1.21 bits per heavy atom. The Morgan fingerprint density at radius 1 is 0.621 bits per heavy atom. The molecule has 0 aromatic heterocycles. The molecule has 0 unspecified atom stereocenters. The van der Waals surface area contributed by atoms with Crippen LogP contribution in [-0.2, 0) is 26.2 Å². The van der Waals surface area contributed by atoms with Crippen LogP contribution in [0.25, 0.3) is 11.1 Å². The summed E-state index contributed by atoms with van der Waals surface area (Å²) in [6.45, 7) is 0. The van der Waals surface area contributed by atoms with Crippen LogP contribution >= 0.6 is 0 Å². The van der Waals surface area contributed by atoms with E-state index in [9.17, 15) is 0 Å². The van der Waals surface area contributed by atoms with Gasteiger partial charge in [0, 0.05) is 9.52 Å². The van der Waals surface area contributed by atoms with E-state index >= 15 is 0 Å². The summed E-state index contributed by atoms with van der Waals surface area (Å²) in [5.41, 5.74) is 5.17. The first-order valence-corrected chi connectivity index (χ1v) is 11.6. The van der Waals surface area contributed by atoms with Crippen LogP contribution in [0.2, 0.25) is 12.1 Å². The van der Waals surface area contributed by atoms with Gasteiger partial charge in [0.15, 0.2) is 0 Å². The molecule has 1 aliphatic heterocycles. The quantitative estimate of drug-likeness (QED) is 0.392. The minimum Gasteiger partial charge on any atom is -1.00 e. The molecule has 2 aromatic rings. The van der Waals surface area contributed by atoms with Gasteiger partial charge in [-0.05, 0) is 0 Å². The van der Waals surface area contributed by atoms with Gasteiger partial charge in [-0.25, -0.2) is 12.2 Å². The molecule has 5 rings (SSSR count). The Bertz CT molecular complexity index is 723. The van der Waals surface area contributed by atoms with E-state index in [1.807, 2.05) is 12.1 Å². The van der Waals surface area contributed by atoms with E-state index in [1.54, 1.807) is 18.5 Å². The van der Waals surface area contributed by atoms with Crippen LogP contribution in [0.3, 0.4) is 0 Å². The Morgan fingerprint density at radius 2 is 0.966 bits per heavy atom. The van der Waals surface area contributed by atoms with Crippen LogP contribution < -0.4 is 24.8 Å². The average molecular weight is 517 g/mol. The van der Waals surface area contributed by atoms with Crippen molar-refractivity contribution in [2.75, 3.05) is 0 Å². The van der Waals surface area contributed by atoms with Crippen molar-refractivity contribution in [3.8, 4) is 0 Å². The largest absolute Gasteiger partial charge is 4.00 e. The first kappa shape index (κ1) is 28.1. The average Bonchev–Trinajstić information content (AvgIpc) is 3.37. The molecule has 3 aliphatic rings. The van der Waals surface area contributed by atoms with Gasteiger partial charge in [-0.2, -0.15) is 23.3 Å². The van der Waals surface area contributed by atoms with Gasteiger partial charge in [0.1, 0.15) is 0 Å². The molecule has 0 radical (unpaired) electrons. The molecule has 29 heavy (non-hydrogen) atoms. The van der Waals surface area contributed by atoms with Crippen LogP contribution in [-0.4, -0.2) is 9.52 Å². The predicted molar refractivity (Wildman–Crippen MR) is 116 cm³/mol. The number of halogens is 2. The maximum atomic E-state index is 3.15. The first-order valence-electron chi connectivity index (χ1n) is 9.58. The Hall–Kier alpha value is -0.920. The van der Waals surface area contributed by atoms with Gasteiger partial charge in [-0.1, -0.05) is 79.2 Å². The zero-order valence-electron chi connectivity index (χ0n) is 16.6. The first-order chi connectivity index (χ1) is 12.9. The van der Waals surface area contributed by atoms with Gasteiger partial charge in [0.2, 0.25) is 0 Å². The molecule has 148 valence electrons. The molecule has 1 heterocycles. The van der Waals surface area contributed by atoms with Crippen molar-refractivity contribution in [1.82, 2.24) is 0 Å². The van der Waals surface area contributed by atoms with Crippen molar-refractivity contribution in [3.63, 3.8) is 0 Å². The SMILES string of the molecule is C1C[SiH2]C1.[C-]1=CC(c2ccccc2)=CC1.[C-]1=CC(c2ccccc2)=CC1.[Cl-].[Cl-].[Zr+4]. The third kappa shape index (κ3) is 10.1. The number of benzene rings is 2. The Balaban J connectivity index is 0.000000418. The van der Waals surface area contributed by atoms with Crippen molar-refractivity contribution in [1.29, 1.82) is 0 Å². The standard InChI is InChI=1S/2C11H9.C3H8Si.2ClH.Zr/c2*1-2-6-10(7-3-1)11-8-4-5-9-11;1-2-4-3-1;;;/h2*1-3,6-9H,4H2;1-4H2;2*1H;/q2*-1;;;;+4/p-2. The molecular weight excluding hydrogens is 490 g/mol. The summed E-state index contributed by atoms with van der Waals surface area (Å²) in [4.78, 5) is 0. The van der Waals surface area contributed by atoms with Crippen LogP contribution in [0.1, 0.15) is 30.4 Å². The summed E-state index contributed by atoms with van der Waals surface area (Å²) in [7, 11) is 0.605. The molecule has 1 saturated heterocycles. The monoisotopic (exact) mass is 514 g/mol. The maximum absolute atomic E-state index is 3.15.